The van der Waals surface area contributed by atoms with Gasteiger partial charge in [0.2, 0.25) is 0 Å². The fraction of sp³-hybridized carbons (Fsp3) is 0.455. The minimum Gasteiger partial charge on any atom is -0.493 e. The second-order valence-electron chi connectivity index (χ2n) is 7.03. The van der Waals surface area contributed by atoms with Gasteiger partial charge in [-0.25, -0.2) is 4.98 Å². The van der Waals surface area contributed by atoms with Gasteiger partial charge in [0.25, 0.3) is 5.91 Å². The highest BCUT2D eigenvalue weighted by Gasteiger charge is 2.22. The highest BCUT2D eigenvalue weighted by atomic mass is 16.5. The molecular weight excluding hydrogens is 354 g/mol. The van der Waals surface area contributed by atoms with E-state index >= 15 is 0 Å². The Morgan fingerprint density at radius 2 is 2.00 bits per heavy atom. The lowest BCUT2D eigenvalue weighted by molar-refractivity contribution is 0.0950. The van der Waals surface area contributed by atoms with E-state index in [0.29, 0.717) is 29.6 Å². The lowest BCUT2D eigenvalue weighted by Gasteiger charge is -2.36. The molecule has 1 N–H and O–H groups in total. The average molecular weight is 383 g/mol. The van der Waals surface area contributed by atoms with Crippen LogP contribution in [0.25, 0.3) is 0 Å². The molecule has 0 spiro atoms. The lowest BCUT2D eigenvalue weighted by Crippen LogP contribution is -2.39. The van der Waals surface area contributed by atoms with Crippen LogP contribution in [0.15, 0.2) is 36.5 Å². The largest absolute Gasteiger partial charge is 0.493 e. The summed E-state index contributed by atoms with van der Waals surface area (Å²) in [6, 6.07) is 9.96. The number of carbonyl (C=O) groups excluding carboxylic acids is 1. The Balaban J connectivity index is 1.62. The van der Waals surface area contributed by atoms with E-state index in [1.807, 2.05) is 30.3 Å². The summed E-state index contributed by atoms with van der Waals surface area (Å²) in [7, 11) is 3.20. The molecule has 1 atom stereocenters. The SMILES string of the molecule is CCC1CCCCN1c1ccc(C(=O)NCc2ccc(OC)c(OC)c2)cn1. The standard InChI is InChI=1S/C22H29N3O3/c1-4-18-7-5-6-12-25(18)21-11-9-17(15-23-21)22(26)24-14-16-8-10-19(27-2)20(13-16)28-3/h8-11,13,15,18H,4-7,12,14H2,1-3H3,(H,24,26). The number of nitrogens with zero attached hydrogens (tertiary/aromatic N) is 2. The van der Waals surface area contributed by atoms with Crippen LogP contribution in [0.3, 0.4) is 0 Å². The zero-order valence-electron chi connectivity index (χ0n) is 16.9. The third-order valence-electron chi connectivity index (χ3n) is 5.30. The zero-order valence-corrected chi connectivity index (χ0v) is 16.9. The molecule has 1 aromatic carbocycles. The molecule has 1 aromatic heterocycles. The summed E-state index contributed by atoms with van der Waals surface area (Å²) in [6.45, 7) is 3.67. The molecule has 1 aliphatic heterocycles. The number of pyridine rings is 1. The van der Waals surface area contributed by atoms with Gasteiger partial charge in [0, 0.05) is 25.3 Å². The number of anilines is 1. The third-order valence-corrected chi connectivity index (χ3v) is 5.30. The van der Waals surface area contributed by atoms with E-state index in [0.717, 1.165) is 24.3 Å². The molecule has 150 valence electrons. The second kappa shape index (κ2) is 9.44. The molecule has 1 aliphatic rings. The molecule has 2 heterocycles. The highest BCUT2D eigenvalue weighted by Crippen LogP contribution is 2.27. The number of carbonyl (C=O) groups is 1. The number of nitrogens with one attached hydrogen (secondary N) is 1. The van der Waals surface area contributed by atoms with Crippen LogP contribution in [0.5, 0.6) is 11.5 Å². The summed E-state index contributed by atoms with van der Waals surface area (Å²) in [5.74, 6) is 2.13. The first-order chi connectivity index (χ1) is 13.7. The van der Waals surface area contributed by atoms with Gasteiger partial charge in [0.05, 0.1) is 19.8 Å². The maximum Gasteiger partial charge on any atom is 0.253 e. The van der Waals surface area contributed by atoms with Crippen LogP contribution < -0.4 is 19.7 Å². The van der Waals surface area contributed by atoms with Crippen molar-refractivity contribution < 1.29 is 14.3 Å². The van der Waals surface area contributed by atoms with Gasteiger partial charge in [-0.05, 0) is 55.5 Å². The van der Waals surface area contributed by atoms with Crippen LogP contribution in [0.1, 0.15) is 48.5 Å². The maximum absolute atomic E-state index is 12.5. The van der Waals surface area contributed by atoms with Crippen molar-refractivity contribution >= 4 is 11.7 Å². The Morgan fingerprint density at radius 3 is 2.68 bits per heavy atom. The van der Waals surface area contributed by atoms with Gasteiger partial charge in [-0.1, -0.05) is 13.0 Å². The van der Waals surface area contributed by atoms with Gasteiger partial charge in [-0.2, -0.15) is 0 Å². The fourth-order valence-electron chi connectivity index (χ4n) is 3.69. The molecule has 0 aliphatic carbocycles. The fourth-order valence-corrected chi connectivity index (χ4v) is 3.69. The van der Waals surface area contributed by atoms with E-state index in [-0.39, 0.29) is 5.91 Å². The van der Waals surface area contributed by atoms with Crippen LogP contribution in [0.4, 0.5) is 5.82 Å². The predicted octanol–water partition coefficient (Wildman–Crippen LogP) is 3.80. The Bertz CT molecular complexity index is 792. The van der Waals surface area contributed by atoms with Gasteiger partial charge in [0.15, 0.2) is 11.5 Å². The van der Waals surface area contributed by atoms with E-state index in [2.05, 4.69) is 22.1 Å². The second-order valence-corrected chi connectivity index (χ2v) is 7.03. The quantitative estimate of drug-likeness (QED) is 0.788. The van der Waals surface area contributed by atoms with E-state index < -0.39 is 0 Å². The summed E-state index contributed by atoms with van der Waals surface area (Å²) < 4.78 is 10.5. The number of amides is 1. The number of rotatable bonds is 7. The first kappa shape index (κ1) is 20.0. The Labute approximate surface area is 166 Å². The summed E-state index contributed by atoms with van der Waals surface area (Å²) in [4.78, 5) is 19.4. The molecule has 1 saturated heterocycles. The van der Waals surface area contributed by atoms with Crippen molar-refractivity contribution in [2.24, 2.45) is 0 Å². The molecular formula is C22H29N3O3. The minimum atomic E-state index is -0.139. The van der Waals surface area contributed by atoms with Crippen molar-refractivity contribution in [2.75, 3.05) is 25.7 Å². The Hall–Kier alpha value is -2.76. The van der Waals surface area contributed by atoms with Crippen LogP contribution >= 0.6 is 0 Å². The molecule has 0 bridgehead atoms. The van der Waals surface area contributed by atoms with Gasteiger partial charge in [0.1, 0.15) is 5.82 Å². The number of benzene rings is 1. The average Bonchev–Trinajstić information content (AvgIpc) is 2.77. The Morgan fingerprint density at radius 1 is 1.18 bits per heavy atom. The van der Waals surface area contributed by atoms with Crippen molar-refractivity contribution in [1.82, 2.24) is 10.3 Å². The van der Waals surface area contributed by atoms with Crippen molar-refractivity contribution in [3.05, 3.63) is 47.7 Å². The molecule has 1 unspecified atom stereocenters. The highest BCUT2D eigenvalue weighted by molar-refractivity contribution is 5.94. The number of hydrogen-bond donors (Lipinski definition) is 1. The van der Waals surface area contributed by atoms with Gasteiger partial charge in [-0.15, -0.1) is 0 Å². The van der Waals surface area contributed by atoms with Crippen molar-refractivity contribution in [1.29, 1.82) is 0 Å². The lowest BCUT2D eigenvalue weighted by atomic mass is 10.00. The van der Waals surface area contributed by atoms with Gasteiger partial charge < -0.3 is 19.7 Å². The number of hydrogen-bond acceptors (Lipinski definition) is 5. The van der Waals surface area contributed by atoms with Crippen LogP contribution in [0.2, 0.25) is 0 Å². The molecule has 2 aromatic rings. The molecule has 28 heavy (non-hydrogen) atoms. The summed E-state index contributed by atoms with van der Waals surface area (Å²) in [5, 5.41) is 2.93. The van der Waals surface area contributed by atoms with Gasteiger partial charge in [-0.3, -0.25) is 4.79 Å². The number of methoxy groups -OCH3 is 2. The third kappa shape index (κ3) is 4.55. The van der Waals surface area contributed by atoms with Crippen LogP contribution in [-0.4, -0.2) is 37.7 Å². The van der Waals surface area contributed by atoms with Crippen LogP contribution in [0, 0.1) is 0 Å². The molecule has 1 amide bonds. The number of aromatic nitrogens is 1. The molecule has 1 fully saturated rings. The van der Waals surface area contributed by atoms with E-state index in [1.54, 1.807) is 20.4 Å². The maximum atomic E-state index is 12.5. The van der Waals surface area contributed by atoms with Crippen LogP contribution in [-0.2, 0) is 6.54 Å². The molecule has 0 radical (unpaired) electrons. The van der Waals surface area contributed by atoms with Crippen molar-refractivity contribution in [2.45, 2.75) is 45.2 Å². The molecule has 0 saturated carbocycles. The predicted molar refractivity (Wildman–Crippen MR) is 110 cm³/mol. The minimum absolute atomic E-state index is 0.139. The monoisotopic (exact) mass is 383 g/mol. The molecule has 6 nitrogen and oxygen atoms in total. The summed E-state index contributed by atoms with van der Waals surface area (Å²) >= 11 is 0. The topological polar surface area (TPSA) is 63.7 Å². The van der Waals surface area contributed by atoms with E-state index in [1.165, 1.54) is 19.3 Å². The molecule has 6 heteroatoms. The Kier molecular flexibility index (Phi) is 6.74. The molecule has 3 rings (SSSR count). The number of ether oxygens (including phenoxy) is 2. The first-order valence-corrected chi connectivity index (χ1v) is 9.88. The smallest absolute Gasteiger partial charge is 0.253 e. The summed E-state index contributed by atoms with van der Waals surface area (Å²) in [6.07, 6.45) is 6.49. The van der Waals surface area contributed by atoms with Crippen molar-refractivity contribution in [3.63, 3.8) is 0 Å². The normalized spacial score (nSPS) is 16.5. The van der Waals surface area contributed by atoms with Gasteiger partial charge >= 0.3 is 0 Å². The van der Waals surface area contributed by atoms with Crippen molar-refractivity contribution in [3.8, 4) is 11.5 Å². The number of piperidine rings is 1. The van der Waals surface area contributed by atoms with E-state index in [4.69, 9.17) is 9.47 Å². The first-order valence-electron chi connectivity index (χ1n) is 9.88. The van der Waals surface area contributed by atoms with E-state index in [9.17, 15) is 4.79 Å². The summed E-state index contributed by atoms with van der Waals surface area (Å²) in [5.41, 5.74) is 1.50. The zero-order chi connectivity index (χ0) is 19.9.